The van der Waals surface area contributed by atoms with Crippen molar-refractivity contribution in [1.82, 2.24) is 19.8 Å². The number of aromatic amines is 1. The third kappa shape index (κ3) is 4.91. The summed E-state index contributed by atoms with van der Waals surface area (Å²) in [6.45, 7) is 3.70. The second kappa shape index (κ2) is 9.93. The van der Waals surface area contributed by atoms with Gasteiger partial charge in [-0.1, -0.05) is 13.3 Å². The average Bonchev–Trinajstić information content (AvgIpc) is 2.97. The van der Waals surface area contributed by atoms with Crippen molar-refractivity contribution in [2.75, 3.05) is 50.5 Å². The highest BCUT2D eigenvalue weighted by Crippen LogP contribution is 2.17. The van der Waals surface area contributed by atoms with Crippen LogP contribution in [0.5, 0.6) is 0 Å². The van der Waals surface area contributed by atoms with Crippen LogP contribution in [0.1, 0.15) is 26.2 Å². The van der Waals surface area contributed by atoms with E-state index in [4.69, 9.17) is 10.5 Å². The molecule has 28 heavy (non-hydrogen) atoms. The number of anilines is 2. The van der Waals surface area contributed by atoms with E-state index in [1.54, 1.807) is 12.0 Å². The quantitative estimate of drug-likeness (QED) is 0.420. The number of ether oxygens (including phenoxy) is 1. The summed E-state index contributed by atoms with van der Waals surface area (Å²) < 4.78 is 6.47. The first kappa shape index (κ1) is 21.5. The van der Waals surface area contributed by atoms with E-state index < -0.39 is 17.3 Å². The number of nitrogens with zero attached hydrogens (tertiary/aromatic N) is 3. The maximum absolute atomic E-state index is 12.5. The Hall–Kier alpha value is -2.82. The summed E-state index contributed by atoms with van der Waals surface area (Å²) in [5.74, 6) is -0.174. The highest BCUT2D eigenvalue weighted by atomic mass is 16.5. The number of amides is 3. The fraction of sp³-hybridized carbons (Fsp3) is 0.647. The van der Waals surface area contributed by atoms with E-state index in [1.165, 1.54) is 4.57 Å². The predicted octanol–water partition coefficient (Wildman–Crippen LogP) is -0.686. The minimum Gasteiger partial charge on any atom is -0.383 e. The number of hydrogen-bond donors (Lipinski definition) is 3. The third-order valence-corrected chi connectivity index (χ3v) is 4.58. The first-order chi connectivity index (χ1) is 13.4. The Morgan fingerprint density at radius 2 is 1.89 bits per heavy atom. The summed E-state index contributed by atoms with van der Waals surface area (Å²) in [7, 11) is 1.54. The van der Waals surface area contributed by atoms with Gasteiger partial charge in [0.15, 0.2) is 0 Å². The molecule has 0 saturated carbocycles. The fourth-order valence-electron chi connectivity index (χ4n) is 3.06. The van der Waals surface area contributed by atoms with E-state index in [-0.39, 0.29) is 30.5 Å². The topological polar surface area (TPSA) is 143 Å². The molecule has 1 aromatic heterocycles. The molecule has 4 N–H and O–H groups in total. The number of nitrogens with one attached hydrogen (secondary N) is 2. The van der Waals surface area contributed by atoms with Crippen molar-refractivity contribution >= 4 is 23.4 Å². The normalized spacial score (nSPS) is 13.9. The van der Waals surface area contributed by atoms with Crippen LogP contribution in [0.3, 0.4) is 0 Å². The van der Waals surface area contributed by atoms with Crippen LogP contribution in [0.2, 0.25) is 0 Å². The van der Waals surface area contributed by atoms with Gasteiger partial charge in [0.05, 0.1) is 13.2 Å². The van der Waals surface area contributed by atoms with Gasteiger partial charge in [-0.3, -0.25) is 24.0 Å². The monoisotopic (exact) mass is 396 g/mol. The van der Waals surface area contributed by atoms with Crippen LogP contribution in [0, 0.1) is 0 Å². The van der Waals surface area contributed by atoms with Gasteiger partial charge in [0.2, 0.25) is 5.91 Å². The Morgan fingerprint density at radius 3 is 2.50 bits per heavy atom. The van der Waals surface area contributed by atoms with Crippen LogP contribution in [0.15, 0.2) is 9.59 Å². The lowest BCUT2D eigenvalue weighted by Crippen LogP contribution is -2.41. The van der Waals surface area contributed by atoms with Crippen LogP contribution in [0.25, 0.3) is 0 Å². The van der Waals surface area contributed by atoms with Gasteiger partial charge < -0.3 is 20.7 Å². The summed E-state index contributed by atoms with van der Waals surface area (Å²) >= 11 is 0. The molecule has 1 saturated heterocycles. The Kier molecular flexibility index (Phi) is 7.61. The van der Waals surface area contributed by atoms with Crippen molar-refractivity contribution in [2.45, 2.75) is 32.7 Å². The number of H-pyrrole nitrogens is 1. The highest BCUT2D eigenvalue weighted by molar-refractivity contribution is 6.01. The summed E-state index contributed by atoms with van der Waals surface area (Å²) in [6.07, 6.45) is 2.06. The summed E-state index contributed by atoms with van der Waals surface area (Å²) in [5, 5.41) is 2.47. The summed E-state index contributed by atoms with van der Waals surface area (Å²) in [4.78, 5) is 53.1. The molecule has 3 amide bonds. The molecule has 0 spiro atoms. The minimum atomic E-state index is -0.568. The van der Waals surface area contributed by atoms with Crippen molar-refractivity contribution in [3.05, 3.63) is 20.8 Å². The molecule has 0 bridgehead atoms. The second-order valence-corrected chi connectivity index (χ2v) is 6.54. The molecule has 1 fully saturated rings. The molecule has 0 aliphatic carbocycles. The number of nitrogens with two attached hydrogens (primary N) is 1. The molecule has 0 radical (unpaired) electrons. The lowest BCUT2D eigenvalue weighted by atomic mass is 10.3. The maximum Gasteiger partial charge on any atom is 0.330 e. The van der Waals surface area contributed by atoms with Crippen LogP contribution < -0.4 is 27.2 Å². The average molecular weight is 396 g/mol. The predicted molar refractivity (Wildman–Crippen MR) is 104 cm³/mol. The molecule has 0 unspecified atom stereocenters. The minimum absolute atomic E-state index is 0.00122. The van der Waals surface area contributed by atoms with Crippen molar-refractivity contribution in [1.29, 1.82) is 0 Å². The van der Waals surface area contributed by atoms with Gasteiger partial charge >= 0.3 is 11.7 Å². The molecule has 1 aliphatic heterocycles. The van der Waals surface area contributed by atoms with Crippen molar-refractivity contribution in [2.24, 2.45) is 0 Å². The standard InChI is InChI=1S/C17H28N6O5/c1-3-4-7-23-14(18)13(15(25)20-17(23)27)21(9-10-28-2)6-5-8-22-12(24)11-19-16(22)26/h3-11,18H2,1-2H3,(H,19,26)(H,20,25,27). The highest BCUT2D eigenvalue weighted by Gasteiger charge is 2.28. The van der Waals surface area contributed by atoms with Gasteiger partial charge in [-0.2, -0.15) is 0 Å². The van der Waals surface area contributed by atoms with Gasteiger partial charge in [-0.05, 0) is 12.8 Å². The van der Waals surface area contributed by atoms with Gasteiger partial charge in [-0.15, -0.1) is 0 Å². The van der Waals surface area contributed by atoms with Crippen molar-refractivity contribution < 1.29 is 14.3 Å². The Morgan fingerprint density at radius 1 is 1.14 bits per heavy atom. The Balaban J connectivity index is 2.21. The zero-order valence-electron chi connectivity index (χ0n) is 16.3. The second-order valence-electron chi connectivity index (χ2n) is 6.54. The number of hydrogen-bond acceptors (Lipinski definition) is 7. The lowest BCUT2D eigenvalue weighted by molar-refractivity contribution is -0.125. The number of rotatable bonds is 11. The van der Waals surface area contributed by atoms with E-state index in [0.29, 0.717) is 32.7 Å². The summed E-state index contributed by atoms with van der Waals surface area (Å²) in [6, 6.07) is -0.418. The zero-order valence-corrected chi connectivity index (χ0v) is 16.3. The van der Waals surface area contributed by atoms with E-state index in [9.17, 15) is 19.2 Å². The SMILES string of the molecule is CCCCn1c(N)c(N(CCCN2C(=O)CNC2=O)CCOC)c(=O)[nH]c1=O. The number of urea groups is 1. The molecular formula is C17H28N6O5. The van der Waals surface area contributed by atoms with Gasteiger partial charge in [-0.25, -0.2) is 9.59 Å². The van der Waals surface area contributed by atoms with Crippen LogP contribution in [0.4, 0.5) is 16.3 Å². The number of carbonyl (C=O) groups excluding carboxylic acids is 2. The van der Waals surface area contributed by atoms with Gasteiger partial charge in [0.25, 0.3) is 5.56 Å². The molecule has 11 heteroatoms. The largest absolute Gasteiger partial charge is 0.383 e. The Labute approximate surface area is 162 Å². The van der Waals surface area contributed by atoms with Gasteiger partial charge in [0, 0.05) is 33.3 Å². The molecule has 2 heterocycles. The number of imide groups is 1. The number of aromatic nitrogens is 2. The van der Waals surface area contributed by atoms with Crippen molar-refractivity contribution in [3.63, 3.8) is 0 Å². The molecule has 1 aliphatic rings. The van der Waals surface area contributed by atoms with Crippen LogP contribution in [-0.2, 0) is 16.1 Å². The smallest absolute Gasteiger partial charge is 0.330 e. The molecule has 156 valence electrons. The molecule has 0 aromatic carbocycles. The number of carbonyl (C=O) groups is 2. The van der Waals surface area contributed by atoms with E-state index in [1.807, 2.05) is 6.92 Å². The molecule has 11 nitrogen and oxygen atoms in total. The molecule has 2 rings (SSSR count). The lowest BCUT2D eigenvalue weighted by Gasteiger charge is -2.26. The van der Waals surface area contributed by atoms with Gasteiger partial charge in [0.1, 0.15) is 11.5 Å². The maximum atomic E-state index is 12.5. The molecule has 1 aromatic rings. The first-order valence-electron chi connectivity index (χ1n) is 9.35. The van der Waals surface area contributed by atoms with E-state index in [2.05, 4.69) is 10.3 Å². The molecular weight excluding hydrogens is 368 g/mol. The van der Waals surface area contributed by atoms with E-state index >= 15 is 0 Å². The number of methoxy groups -OCH3 is 1. The first-order valence-corrected chi connectivity index (χ1v) is 9.35. The van der Waals surface area contributed by atoms with Crippen molar-refractivity contribution in [3.8, 4) is 0 Å². The van der Waals surface area contributed by atoms with Crippen LogP contribution in [-0.4, -0.2) is 66.3 Å². The third-order valence-electron chi connectivity index (χ3n) is 4.58. The zero-order chi connectivity index (χ0) is 20.7. The Bertz CT molecular complexity index is 801. The fourth-order valence-corrected chi connectivity index (χ4v) is 3.06. The number of unbranched alkanes of at least 4 members (excludes halogenated alkanes) is 1. The van der Waals surface area contributed by atoms with Crippen LogP contribution >= 0.6 is 0 Å². The summed E-state index contributed by atoms with van der Waals surface area (Å²) in [5.41, 5.74) is 5.26. The molecule has 0 atom stereocenters. The van der Waals surface area contributed by atoms with E-state index in [0.717, 1.165) is 17.7 Å². The number of nitrogen functional groups attached to an aromatic ring is 1.